The molecule has 3 heterocycles. The lowest BCUT2D eigenvalue weighted by atomic mass is 9.88. The van der Waals surface area contributed by atoms with E-state index in [0.717, 1.165) is 38.8 Å². The first-order valence-electron chi connectivity index (χ1n) is 8.93. The smallest absolute Gasteiger partial charge is 0.227 e. The first kappa shape index (κ1) is 16.9. The molecule has 2 atom stereocenters. The number of piperidine rings is 1. The van der Waals surface area contributed by atoms with E-state index in [1.54, 1.807) is 0 Å². The summed E-state index contributed by atoms with van der Waals surface area (Å²) in [5.41, 5.74) is 0. The Morgan fingerprint density at radius 1 is 1.38 bits per heavy atom. The Kier molecular flexibility index (Phi) is 5.16. The molecule has 0 unspecified atom stereocenters. The van der Waals surface area contributed by atoms with Crippen molar-refractivity contribution in [3.63, 3.8) is 0 Å². The van der Waals surface area contributed by atoms with Gasteiger partial charge in [-0.1, -0.05) is 12.1 Å². The maximum Gasteiger partial charge on any atom is 0.227 e. The SMILES string of the molecule is CCc1noc(CCC(=O)N2CC[C@@H]3[C@H](CCCC(=O)N3C)C2)n1. The van der Waals surface area contributed by atoms with E-state index in [1.165, 1.54) is 0 Å². The van der Waals surface area contributed by atoms with Crippen LogP contribution in [0.3, 0.4) is 0 Å². The van der Waals surface area contributed by atoms with Crippen LogP contribution in [0.25, 0.3) is 0 Å². The molecule has 2 aliphatic rings. The van der Waals surface area contributed by atoms with E-state index in [-0.39, 0.29) is 17.9 Å². The van der Waals surface area contributed by atoms with Crippen molar-refractivity contribution >= 4 is 11.8 Å². The van der Waals surface area contributed by atoms with Crippen molar-refractivity contribution in [2.24, 2.45) is 5.92 Å². The second-order valence-corrected chi connectivity index (χ2v) is 6.81. The van der Waals surface area contributed by atoms with E-state index in [1.807, 2.05) is 23.8 Å². The Morgan fingerprint density at radius 3 is 2.96 bits per heavy atom. The van der Waals surface area contributed by atoms with Crippen LogP contribution in [0.4, 0.5) is 0 Å². The molecule has 3 rings (SSSR count). The third-order valence-electron chi connectivity index (χ3n) is 5.28. The number of fused-ring (bicyclic) bond motifs is 1. The average Bonchev–Trinajstić information content (AvgIpc) is 3.01. The molecule has 7 heteroatoms. The highest BCUT2D eigenvalue weighted by atomic mass is 16.5. The lowest BCUT2D eigenvalue weighted by Gasteiger charge is -2.41. The van der Waals surface area contributed by atoms with Gasteiger partial charge in [0.1, 0.15) is 0 Å². The highest BCUT2D eigenvalue weighted by molar-refractivity contribution is 5.77. The van der Waals surface area contributed by atoms with E-state index < -0.39 is 0 Å². The number of carbonyl (C=O) groups is 2. The van der Waals surface area contributed by atoms with Crippen molar-refractivity contribution in [1.82, 2.24) is 19.9 Å². The normalized spacial score (nSPS) is 24.7. The van der Waals surface area contributed by atoms with Gasteiger partial charge < -0.3 is 14.3 Å². The minimum Gasteiger partial charge on any atom is -0.342 e. The summed E-state index contributed by atoms with van der Waals surface area (Å²) in [6, 6.07) is 0.284. The summed E-state index contributed by atoms with van der Waals surface area (Å²) in [7, 11) is 1.91. The Bertz CT molecular complexity index is 600. The van der Waals surface area contributed by atoms with Crippen molar-refractivity contribution in [2.75, 3.05) is 20.1 Å². The van der Waals surface area contributed by atoms with E-state index in [2.05, 4.69) is 10.1 Å². The molecule has 7 nitrogen and oxygen atoms in total. The number of aromatic nitrogens is 2. The Hall–Kier alpha value is -1.92. The Morgan fingerprint density at radius 2 is 2.21 bits per heavy atom. The van der Waals surface area contributed by atoms with Crippen molar-refractivity contribution in [2.45, 2.75) is 57.9 Å². The number of carbonyl (C=O) groups excluding carboxylic acids is 2. The monoisotopic (exact) mass is 334 g/mol. The molecule has 2 aliphatic heterocycles. The molecule has 0 radical (unpaired) electrons. The summed E-state index contributed by atoms with van der Waals surface area (Å²) in [6.07, 6.45) is 5.08. The van der Waals surface area contributed by atoms with Gasteiger partial charge >= 0.3 is 0 Å². The topological polar surface area (TPSA) is 79.5 Å². The second-order valence-electron chi connectivity index (χ2n) is 6.81. The molecular formula is C17H26N4O3. The number of hydrogen-bond acceptors (Lipinski definition) is 5. The summed E-state index contributed by atoms with van der Waals surface area (Å²) in [5, 5.41) is 3.86. The maximum atomic E-state index is 12.5. The van der Waals surface area contributed by atoms with Gasteiger partial charge in [-0.3, -0.25) is 9.59 Å². The predicted molar refractivity (Wildman–Crippen MR) is 87.1 cm³/mol. The summed E-state index contributed by atoms with van der Waals surface area (Å²) in [6.45, 7) is 3.45. The molecule has 0 spiro atoms. The first-order chi connectivity index (χ1) is 11.6. The molecule has 0 aromatic carbocycles. The minimum absolute atomic E-state index is 0.142. The fraction of sp³-hybridized carbons (Fsp3) is 0.765. The zero-order valence-electron chi connectivity index (χ0n) is 14.5. The molecule has 0 saturated carbocycles. The molecule has 0 aliphatic carbocycles. The third-order valence-corrected chi connectivity index (χ3v) is 5.28. The van der Waals surface area contributed by atoms with Crippen LogP contribution in [0.15, 0.2) is 4.52 Å². The van der Waals surface area contributed by atoms with Crippen LogP contribution in [0, 0.1) is 5.92 Å². The van der Waals surface area contributed by atoms with Crippen molar-refractivity contribution in [3.05, 3.63) is 11.7 Å². The van der Waals surface area contributed by atoms with Crippen LogP contribution in [0.2, 0.25) is 0 Å². The van der Waals surface area contributed by atoms with E-state index in [0.29, 0.717) is 36.9 Å². The van der Waals surface area contributed by atoms with Crippen LogP contribution < -0.4 is 0 Å². The fourth-order valence-electron chi connectivity index (χ4n) is 3.82. The Labute approximate surface area is 142 Å². The molecule has 132 valence electrons. The van der Waals surface area contributed by atoms with Crippen LogP contribution in [-0.4, -0.2) is 57.9 Å². The number of hydrogen-bond donors (Lipinski definition) is 0. The standard InChI is InChI=1S/C17H26N4O3/c1-3-14-18-15(24-19-14)7-8-17(23)21-10-9-13-12(11-21)5-4-6-16(22)20(13)2/h12-13H,3-11H2,1-2H3/t12-,13-/m1/s1. The summed E-state index contributed by atoms with van der Waals surface area (Å²) in [5.74, 6) is 2.00. The maximum absolute atomic E-state index is 12.5. The molecule has 0 N–H and O–H groups in total. The van der Waals surface area contributed by atoms with Crippen LogP contribution >= 0.6 is 0 Å². The number of amides is 2. The number of likely N-dealkylation sites (tertiary alicyclic amines) is 2. The average molecular weight is 334 g/mol. The zero-order chi connectivity index (χ0) is 17.1. The van der Waals surface area contributed by atoms with E-state index in [9.17, 15) is 9.59 Å². The highest BCUT2D eigenvalue weighted by Gasteiger charge is 2.36. The van der Waals surface area contributed by atoms with Gasteiger partial charge in [0.05, 0.1) is 0 Å². The van der Waals surface area contributed by atoms with Crippen LogP contribution in [0.5, 0.6) is 0 Å². The van der Waals surface area contributed by atoms with Gasteiger partial charge in [0.2, 0.25) is 17.7 Å². The molecule has 24 heavy (non-hydrogen) atoms. The van der Waals surface area contributed by atoms with Crippen molar-refractivity contribution < 1.29 is 14.1 Å². The largest absolute Gasteiger partial charge is 0.342 e. The molecule has 2 fully saturated rings. The van der Waals surface area contributed by atoms with Gasteiger partial charge in [0, 0.05) is 51.9 Å². The second kappa shape index (κ2) is 7.32. The lowest BCUT2D eigenvalue weighted by Crippen LogP contribution is -2.51. The van der Waals surface area contributed by atoms with Gasteiger partial charge in [-0.15, -0.1) is 0 Å². The van der Waals surface area contributed by atoms with Crippen LogP contribution in [-0.2, 0) is 22.4 Å². The molecule has 2 saturated heterocycles. The van der Waals surface area contributed by atoms with Crippen LogP contribution in [0.1, 0.15) is 50.7 Å². The van der Waals surface area contributed by atoms with Gasteiger partial charge in [0.25, 0.3) is 0 Å². The number of aryl methyl sites for hydroxylation is 2. The molecular weight excluding hydrogens is 308 g/mol. The lowest BCUT2D eigenvalue weighted by molar-refractivity contribution is -0.136. The Balaban J connectivity index is 1.54. The van der Waals surface area contributed by atoms with Gasteiger partial charge in [-0.2, -0.15) is 4.98 Å². The number of rotatable bonds is 4. The van der Waals surface area contributed by atoms with E-state index in [4.69, 9.17) is 4.52 Å². The minimum atomic E-state index is 0.142. The van der Waals surface area contributed by atoms with Crippen molar-refractivity contribution in [1.29, 1.82) is 0 Å². The molecule has 2 amide bonds. The third kappa shape index (κ3) is 3.60. The summed E-state index contributed by atoms with van der Waals surface area (Å²) < 4.78 is 5.15. The molecule has 0 bridgehead atoms. The van der Waals surface area contributed by atoms with Gasteiger partial charge in [-0.05, 0) is 25.2 Å². The number of nitrogens with zero attached hydrogens (tertiary/aromatic N) is 4. The summed E-state index contributed by atoms with van der Waals surface area (Å²) in [4.78, 5) is 32.6. The predicted octanol–water partition coefficient (Wildman–Crippen LogP) is 1.42. The fourth-order valence-corrected chi connectivity index (χ4v) is 3.82. The summed E-state index contributed by atoms with van der Waals surface area (Å²) >= 11 is 0. The van der Waals surface area contributed by atoms with E-state index >= 15 is 0 Å². The van der Waals surface area contributed by atoms with Crippen molar-refractivity contribution in [3.8, 4) is 0 Å². The molecule has 1 aromatic heterocycles. The zero-order valence-corrected chi connectivity index (χ0v) is 14.5. The first-order valence-corrected chi connectivity index (χ1v) is 8.93. The molecule has 1 aromatic rings. The quantitative estimate of drug-likeness (QED) is 0.832. The van der Waals surface area contributed by atoms with Gasteiger partial charge in [0.15, 0.2) is 5.82 Å². The van der Waals surface area contributed by atoms with Gasteiger partial charge in [-0.25, -0.2) is 0 Å². The highest BCUT2D eigenvalue weighted by Crippen LogP contribution is 2.29.